The van der Waals surface area contributed by atoms with Gasteiger partial charge in [0.25, 0.3) is 5.91 Å². The molecule has 4 heterocycles. The van der Waals surface area contributed by atoms with E-state index in [0.717, 1.165) is 12.1 Å². The molecule has 1 fully saturated rings. The first-order chi connectivity index (χ1) is 16.0. The number of anilines is 2. The Morgan fingerprint density at radius 2 is 2.12 bits per heavy atom. The lowest BCUT2D eigenvalue weighted by molar-refractivity contribution is 0.0767. The van der Waals surface area contributed by atoms with Crippen LogP contribution in [0.3, 0.4) is 0 Å². The van der Waals surface area contributed by atoms with Gasteiger partial charge in [-0.1, -0.05) is 0 Å². The molecule has 1 saturated heterocycles. The number of aromatic nitrogens is 3. The van der Waals surface area contributed by atoms with Gasteiger partial charge in [-0.15, -0.1) is 0 Å². The van der Waals surface area contributed by atoms with E-state index in [1.165, 1.54) is 13.2 Å². The lowest BCUT2D eigenvalue weighted by atomic mass is 10.2. The van der Waals surface area contributed by atoms with Crippen LogP contribution in [0.2, 0.25) is 0 Å². The molecule has 0 saturated carbocycles. The monoisotopic (exact) mass is 453 g/mol. The lowest BCUT2D eigenvalue weighted by Gasteiger charge is -2.31. The van der Waals surface area contributed by atoms with Crippen molar-refractivity contribution in [2.75, 3.05) is 38.3 Å². The van der Waals surface area contributed by atoms with Crippen molar-refractivity contribution in [1.82, 2.24) is 19.4 Å². The summed E-state index contributed by atoms with van der Waals surface area (Å²) in [5.74, 6) is 0.668. The second kappa shape index (κ2) is 8.61. The third kappa shape index (κ3) is 4.15. The van der Waals surface area contributed by atoms with Crippen molar-refractivity contribution in [2.45, 2.75) is 12.5 Å². The van der Waals surface area contributed by atoms with Gasteiger partial charge in [-0.25, -0.2) is 14.4 Å². The Kier molecular flexibility index (Phi) is 5.49. The van der Waals surface area contributed by atoms with Crippen LogP contribution in [0.1, 0.15) is 16.9 Å². The minimum absolute atomic E-state index is 0.0460. The molecule has 10 heteroatoms. The zero-order chi connectivity index (χ0) is 22.9. The predicted molar refractivity (Wildman–Crippen MR) is 118 cm³/mol. The number of aryl methyl sites for hydroxylation is 1. The van der Waals surface area contributed by atoms with Crippen LogP contribution in [0.15, 0.2) is 43.0 Å². The number of imidazole rings is 1. The predicted octanol–water partition coefficient (Wildman–Crippen LogP) is 2.79. The second-order valence-electron chi connectivity index (χ2n) is 8.02. The molecule has 2 aliphatic rings. The molecule has 1 atom stereocenters. The van der Waals surface area contributed by atoms with E-state index in [2.05, 4.69) is 9.97 Å². The molecule has 0 bridgehead atoms. The van der Waals surface area contributed by atoms with E-state index < -0.39 is 5.82 Å². The van der Waals surface area contributed by atoms with E-state index in [1.54, 1.807) is 28.2 Å². The van der Waals surface area contributed by atoms with Crippen molar-refractivity contribution in [1.29, 1.82) is 0 Å². The van der Waals surface area contributed by atoms with E-state index in [-0.39, 0.29) is 17.9 Å². The van der Waals surface area contributed by atoms with Crippen LogP contribution in [0.25, 0.3) is 0 Å². The number of rotatable bonds is 5. The van der Waals surface area contributed by atoms with Crippen molar-refractivity contribution in [3.8, 4) is 17.4 Å². The SMILES string of the molecule is COc1ncc(N2CCOc3ccc(OC4CCN(C(=O)c5cn(C)cn5)C4)cc32)cc1F. The largest absolute Gasteiger partial charge is 0.490 e. The molecule has 1 aromatic carbocycles. The van der Waals surface area contributed by atoms with Crippen molar-refractivity contribution in [3.63, 3.8) is 0 Å². The van der Waals surface area contributed by atoms with E-state index in [0.29, 0.717) is 49.1 Å². The van der Waals surface area contributed by atoms with E-state index >= 15 is 0 Å². The number of carbonyl (C=O) groups excluding carboxylic acids is 1. The molecule has 9 nitrogen and oxygen atoms in total. The van der Waals surface area contributed by atoms with Crippen LogP contribution >= 0.6 is 0 Å². The average molecular weight is 453 g/mol. The third-order valence-electron chi connectivity index (χ3n) is 5.75. The molecule has 172 valence electrons. The summed E-state index contributed by atoms with van der Waals surface area (Å²) < 4.78 is 32.9. The maximum absolute atomic E-state index is 14.2. The maximum atomic E-state index is 14.2. The highest BCUT2D eigenvalue weighted by atomic mass is 19.1. The lowest BCUT2D eigenvalue weighted by Crippen LogP contribution is -2.31. The van der Waals surface area contributed by atoms with Gasteiger partial charge in [0.05, 0.1) is 44.1 Å². The molecule has 1 unspecified atom stereocenters. The van der Waals surface area contributed by atoms with Gasteiger partial charge in [0.2, 0.25) is 5.88 Å². The van der Waals surface area contributed by atoms with Crippen LogP contribution in [-0.4, -0.2) is 64.8 Å². The van der Waals surface area contributed by atoms with Crippen LogP contribution in [0.5, 0.6) is 17.4 Å². The average Bonchev–Trinajstić information content (AvgIpc) is 3.47. The highest BCUT2D eigenvalue weighted by Gasteiger charge is 2.30. The minimum Gasteiger partial charge on any atom is -0.490 e. The zero-order valence-corrected chi connectivity index (χ0v) is 18.4. The van der Waals surface area contributed by atoms with Gasteiger partial charge in [0, 0.05) is 38.3 Å². The van der Waals surface area contributed by atoms with Crippen LogP contribution in [0, 0.1) is 5.82 Å². The smallest absolute Gasteiger partial charge is 0.274 e. The number of fused-ring (bicyclic) bond motifs is 1. The molecular formula is C23H24FN5O4. The van der Waals surface area contributed by atoms with E-state index in [9.17, 15) is 9.18 Å². The fourth-order valence-electron chi connectivity index (χ4n) is 4.14. The molecule has 3 aromatic rings. The first-order valence-corrected chi connectivity index (χ1v) is 10.7. The maximum Gasteiger partial charge on any atom is 0.274 e. The topological polar surface area (TPSA) is 82.0 Å². The van der Waals surface area contributed by atoms with Gasteiger partial charge in [0.1, 0.15) is 29.9 Å². The summed E-state index contributed by atoms with van der Waals surface area (Å²) in [6.07, 6.45) is 5.49. The number of likely N-dealkylation sites (tertiary alicyclic amines) is 1. The Hall–Kier alpha value is -3.82. The van der Waals surface area contributed by atoms with Crippen LogP contribution < -0.4 is 19.1 Å². The quantitative estimate of drug-likeness (QED) is 0.588. The van der Waals surface area contributed by atoms with Crippen LogP contribution in [0.4, 0.5) is 15.8 Å². The first-order valence-electron chi connectivity index (χ1n) is 10.7. The summed E-state index contributed by atoms with van der Waals surface area (Å²) in [6.45, 7) is 2.10. The molecule has 2 aromatic heterocycles. The number of benzene rings is 1. The molecule has 0 N–H and O–H groups in total. The molecule has 5 rings (SSSR count). The van der Waals surface area contributed by atoms with Gasteiger partial charge in [-0.3, -0.25) is 4.79 Å². The molecule has 0 aliphatic carbocycles. The Morgan fingerprint density at radius 3 is 2.88 bits per heavy atom. The summed E-state index contributed by atoms with van der Waals surface area (Å²) in [7, 11) is 3.21. The summed E-state index contributed by atoms with van der Waals surface area (Å²) in [5, 5.41) is 0. The molecule has 0 radical (unpaired) electrons. The second-order valence-corrected chi connectivity index (χ2v) is 8.02. The van der Waals surface area contributed by atoms with Gasteiger partial charge in [-0.05, 0) is 12.1 Å². The first kappa shape index (κ1) is 21.0. The number of halogens is 1. The Labute approximate surface area is 190 Å². The summed E-state index contributed by atoms with van der Waals surface area (Å²) in [6, 6.07) is 6.96. The highest BCUT2D eigenvalue weighted by molar-refractivity contribution is 5.92. The van der Waals surface area contributed by atoms with Crippen molar-refractivity contribution >= 4 is 17.3 Å². The van der Waals surface area contributed by atoms with Crippen molar-refractivity contribution < 1.29 is 23.4 Å². The number of amides is 1. The number of nitrogens with zero attached hydrogens (tertiary/aromatic N) is 5. The molecule has 0 spiro atoms. The minimum atomic E-state index is -0.529. The van der Waals surface area contributed by atoms with Gasteiger partial charge in [0.15, 0.2) is 5.82 Å². The van der Waals surface area contributed by atoms with Gasteiger partial charge >= 0.3 is 0 Å². The fourth-order valence-corrected chi connectivity index (χ4v) is 4.14. The molecular weight excluding hydrogens is 429 g/mol. The Balaban J connectivity index is 1.31. The number of methoxy groups -OCH3 is 1. The zero-order valence-electron chi connectivity index (χ0n) is 18.4. The van der Waals surface area contributed by atoms with Gasteiger partial charge in [-0.2, -0.15) is 0 Å². The van der Waals surface area contributed by atoms with Gasteiger partial charge < -0.3 is 28.6 Å². The Morgan fingerprint density at radius 1 is 1.24 bits per heavy atom. The highest BCUT2D eigenvalue weighted by Crippen LogP contribution is 2.40. The number of hydrogen-bond acceptors (Lipinski definition) is 7. The number of pyridine rings is 1. The number of hydrogen-bond donors (Lipinski definition) is 0. The van der Waals surface area contributed by atoms with E-state index in [1.807, 2.05) is 30.1 Å². The summed E-state index contributed by atoms with van der Waals surface area (Å²) in [4.78, 5) is 24.5. The number of carbonyl (C=O) groups is 1. The molecule has 33 heavy (non-hydrogen) atoms. The standard InChI is InChI=1S/C23H24FN5O4/c1-27-13-19(26-14-27)23(30)28-6-5-17(12-28)33-16-3-4-21-20(10-16)29(7-8-32-21)15-9-18(24)22(31-2)25-11-15/h3-4,9-11,13-14,17H,5-8,12H2,1-2H3. The summed E-state index contributed by atoms with van der Waals surface area (Å²) in [5.41, 5.74) is 1.80. The fraction of sp³-hybridized carbons (Fsp3) is 0.348. The van der Waals surface area contributed by atoms with Crippen molar-refractivity contribution in [2.24, 2.45) is 7.05 Å². The van der Waals surface area contributed by atoms with Crippen LogP contribution in [-0.2, 0) is 7.05 Å². The summed E-state index contributed by atoms with van der Waals surface area (Å²) >= 11 is 0. The van der Waals surface area contributed by atoms with E-state index in [4.69, 9.17) is 14.2 Å². The Bertz CT molecular complexity index is 1180. The molecule has 1 amide bonds. The number of ether oxygens (including phenoxy) is 3. The molecule has 2 aliphatic heterocycles. The third-order valence-corrected chi connectivity index (χ3v) is 5.75. The normalized spacial score (nSPS) is 17.5. The van der Waals surface area contributed by atoms with Crippen molar-refractivity contribution in [3.05, 3.63) is 54.5 Å².